The van der Waals surface area contributed by atoms with Gasteiger partial charge in [-0.1, -0.05) is 179 Å². The Labute approximate surface area is 328 Å². The Hall–Kier alpha value is -6.64. The molecule has 0 bridgehead atoms. The van der Waals surface area contributed by atoms with Gasteiger partial charge in [0.05, 0.1) is 11.4 Å². The van der Waals surface area contributed by atoms with Gasteiger partial charge in [0.1, 0.15) is 0 Å². The van der Waals surface area contributed by atoms with Gasteiger partial charge in [0.2, 0.25) is 0 Å². The van der Waals surface area contributed by atoms with E-state index in [9.17, 15) is 0 Å². The van der Waals surface area contributed by atoms with E-state index in [0.29, 0.717) is 0 Å². The molecule has 0 unspecified atom stereocenters. The maximum Gasteiger partial charge on any atom is 0.160 e. The van der Waals surface area contributed by atoms with Gasteiger partial charge in [-0.3, -0.25) is 0 Å². The van der Waals surface area contributed by atoms with E-state index in [0.717, 1.165) is 33.9 Å². The van der Waals surface area contributed by atoms with E-state index in [1.54, 1.807) is 0 Å². The number of rotatable bonds is 4. The molecule has 56 heavy (non-hydrogen) atoms. The fraction of sp³-hybridized carbons (Fsp3) is 0.111. The Morgan fingerprint density at radius 2 is 0.929 bits per heavy atom. The maximum atomic E-state index is 5.29. The predicted molar refractivity (Wildman–Crippen MR) is 234 cm³/mol. The molecule has 8 aromatic carbocycles. The normalized spacial score (nSPS) is 14.4. The summed E-state index contributed by atoms with van der Waals surface area (Å²) in [7, 11) is 0. The summed E-state index contributed by atoms with van der Waals surface area (Å²) in [5.41, 5.74) is 18.1. The van der Waals surface area contributed by atoms with Crippen LogP contribution in [0.15, 0.2) is 170 Å². The van der Waals surface area contributed by atoms with Gasteiger partial charge < -0.3 is 0 Å². The highest BCUT2D eigenvalue weighted by Crippen LogP contribution is 2.53. The SMILES string of the molecule is CC1(C)c2ccccc2-c2ccc(-c3cc(-c4ccc(-c5ccc6c(c5)-c5c(ccc7ccccc57)C6(C)C)c5ccccc45)nc(-c4ccccc4)n3)cc21. The van der Waals surface area contributed by atoms with E-state index in [4.69, 9.17) is 9.97 Å². The summed E-state index contributed by atoms with van der Waals surface area (Å²) in [5.74, 6) is 0.724. The van der Waals surface area contributed by atoms with Crippen LogP contribution in [-0.2, 0) is 10.8 Å². The summed E-state index contributed by atoms with van der Waals surface area (Å²) in [6.07, 6.45) is 0. The molecule has 2 aliphatic rings. The second kappa shape index (κ2) is 11.9. The third-order valence-electron chi connectivity index (χ3n) is 12.7. The van der Waals surface area contributed by atoms with Crippen molar-refractivity contribution >= 4 is 21.5 Å². The van der Waals surface area contributed by atoms with Crippen molar-refractivity contribution in [3.63, 3.8) is 0 Å². The molecule has 11 rings (SSSR count). The molecule has 2 heteroatoms. The van der Waals surface area contributed by atoms with Crippen molar-refractivity contribution in [2.24, 2.45) is 0 Å². The first kappa shape index (κ1) is 32.8. The molecule has 0 N–H and O–H groups in total. The van der Waals surface area contributed by atoms with Crippen molar-refractivity contribution in [3.8, 4) is 67.3 Å². The number of hydrogen-bond acceptors (Lipinski definition) is 2. The largest absolute Gasteiger partial charge is 0.228 e. The van der Waals surface area contributed by atoms with Crippen LogP contribution in [0.1, 0.15) is 49.9 Å². The molecule has 2 nitrogen and oxygen atoms in total. The zero-order chi connectivity index (χ0) is 37.8. The molecule has 9 aromatic rings. The van der Waals surface area contributed by atoms with Crippen LogP contribution < -0.4 is 0 Å². The lowest BCUT2D eigenvalue weighted by molar-refractivity contribution is 0.660. The third kappa shape index (κ3) is 4.75. The smallest absolute Gasteiger partial charge is 0.160 e. The summed E-state index contributed by atoms with van der Waals surface area (Å²) in [5, 5.41) is 4.98. The van der Waals surface area contributed by atoms with Crippen molar-refractivity contribution in [2.75, 3.05) is 0 Å². The molecule has 266 valence electrons. The molecular formula is C54H40N2. The van der Waals surface area contributed by atoms with E-state index in [1.807, 2.05) is 6.07 Å². The Morgan fingerprint density at radius 1 is 0.339 bits per heavy atom. The van der Waals surface area contributed by atoms with Gasteiger partial charge in [-0.05, 0) is 95.4 Å². The van der Waals surface area contributed by atoms with Crippen molar-refractivity contribution in [3.05, 3.63) is 192 Å². The van der Waals surface area contributed by atoms with Crippen LogP contribution in [0.3, 0.4) is 0 Å². The fourth-order valence-corrected chi connectivity index (χ4v) is 9.78. The quantitative estimate of drug-likeness (QED) is 0.181. The van der Waals surface area contributed by atoms with Crippen LogP contribution in [0.25, 0.3) is 88.8 Å². The number of nitrogens with zero attached hydrogens (tertiary/aromatic N) is 2. The van der Waals surface area contributed by atoms with Crippen molar-refractivity contribution in [1.29, 1.82) is 0 Å². The van der Waals surface area contributed by atoms with E-state index in [-0.39, 0.29) is 10.8 Å². The Morgan fingerprint density at radius 3 is 1.77 bits per heavy atom. The van der Waals surface area contributed by atoms with Crippen LogP contribution in [0, 0.1) is 0 Å². The van der Waals surface area contributed by atoms with Gasteiger partial charge >= 0.3 is 0 Å². The second-order valence-corrected chi connectivity index (χ2v) is 16.6. The molecule has 0 spiro atoms. The number of benzene rings is 8. The van der Waals surface area contributed by atoms with Crippen molar-refractivity contribution in [2.45, 2.75) is 38.5 Å². The van der Waals surface area contributed by atoms with Gasteiger partial charge in [-0.25, -0.2) is 9.97 Å². The van der Waals surface area contributed by atoms with E-state index in [2.05, 4.69) is 191 Å². The van der Waals surface area contributed by atoms with E-state index >= 15 is 0 Å². The summed E-state index contributed by atoms with van der Waals surface area (Å²) in [4.78, 5) is 10.5. The number of hydrogen-bond donors (Lipinski definition) is 0. The van der Waals surface area contributed by atoms with E-state index in [1.165, 1.54) is 77.2 Å². The fourth-order valence-electron chi connectivity index (χ4n) is 9.78. The van der Waals surface area contributed by atoms with Crippen LogP contribution in [0.5, 0.6) is 0 Å². The zero-order valence-corrected chi connectivity index (χ0v) is 32.1. The van der Waals surface area contributed by atoms with Crippen LogP contribution in [0.4, 0.5) is 0 Å². The summed E-state index contributed by atoms with van der Waals surface area (Å²) < 4.78 is 0. The first-order valence-electron chi connectivity index (χ1n) is 19.7. The Kier molecular flexibility index (Phi) is 6.98. The summed E-state index contributed by atoms with van der Waals surface area (Å²) in [6.45, 7) is 9.38. The number of fused-ring (bicyclic) bond motifs is 9. The molecule has 0 saturated carbocycles. The maximum absolute atomic E-state index is 5.29. The third-order valence-corrected chi connectivity index (χ3v) is 12.7. The predicted octanol–water partition coefficient (Wildman–Crippen LogP) is 14.1. The topological polar surface area (TPSA) is 25.8 Å². The van der Waals surface area contributed by atoms with Gasteiger partial charge in [0, 0.05) is 27.5 Å². The van der Waals surface area contributed by atoms with Crippen molar-refractivity contribution in [1.82, 2.24) is 9.97 Å². The molecule has 1 aromatic heterocycles. The molecule has 2 aliphatic carbocycles. The molecule has 0 saturated heterocycles. The molecular weight excluding hydrogens is 677 g/mol. The first-order chi connectivity index (χ1) is 27.3. The molecule has 0 fully saturated rings. The van der Waals surface area contributed by atoms with Gasteiger partial charge in [0.15, 0.2) is 5.82 Å². The lowest BCUT2D eigenvalue weighted by Crippen LogP contribution is -2.14. The summed E-state index contributed by atoms with van der Waals surface area (Å²) in [6, 6.07) is 62.1. The van der Waals surface area contributed by atoms with Crippen LogP contribution in [-0.4, -0.2) is 9.97 Å². The minimum atomic E-state index is -0.103. The minimum Gasteiger partial charge on any atom is -0.228 e. The minimum absolute atomic E-state index is 0.0705. The zero-order valence-electron chi connectivity index (χ0n) is 32.1. The van der Waals surface area contributed by atoms with Crippen LogP contribution in [0.2, 0.25) is 0 Å². The average molecular weight is 717 g/mol. The van der Waals surface area contributed by atoms with Crippen molar-refractivity contribution < 1.29 is 0 Å². The Bertz CT molecular complexity index is 3080. The molecule has 0 aliphatic heterocycles. The number of aromatic nitrogens is 2. The highest BCUT2D eigenvalue weighted by Gasteiger charge is 2.37. The summed E-state index contributed by atoms with van der Waals surface area (Å²) >= 11 is 0. The van der Waals surface area contributed by atoms with E-state index < -0.39 is 0 Å². The standard InChI is InChI=1S/C54H40N2/c1-53(2)46-28-24-35(30-44(46)51-38-17-9-8-14-33(38)23-29-47(51)53)37-26-27-43(40-19-11-10-18-39(37)40)50-32-49(55-52(56-50)34-15-6-5-7-16-34)36-22-25-42-41-20-12-13-21-45(41)54(3,4)48(42)31-36/h5-32H,1-4H3. The Balaban J connectivity index is 1.08. The van der Waals surface area contributed by atoms with Crippen LogP contribution >= 0.6 is 0 Å². The molecule has 0 atom stereocenters. The second-order valence-electron chi connectivity index (χ2n) is 16.6. The molecule has 1 heterocycles. The highest BCUT2D eigenvalue weighted by atomic mass is 14.9. The van der Waals surface area contributed by atoms with Gasteiger partial charge in [0.25, 0.3) is 0 Å². The van der Waals surface area contributed by atoms with Gasteiger partial charge in [-0.15, -0.1) is 0 Å². The molecule has 0 radical (unpaired) electrons. The molecule has 0 amide bonds. The lowest BCUT2D eigenvalue weighted by atomic mass is 9.81. The lowest BCUT2D eigenvalue weighted by Gasteiger charge is -2.22. The monoisotopic (exact) mass is 716 g/mol. The first-order valence-corrected chi connectivity index (χ1v) is 19.7. The highest BCUT2D eigenvalue weighted by molar-refractivity contribution is 6.07. The average Bonchev–Trinajstić information content (AvgIpc) is 3.62. The van der Waals surface area contributed by atoms with Gasteiger partial charge in [-0.2, -0.15) is 0 Å².